The smallest absolute Gasteiger partial charge is 0.272 e. The molecule has 2 heterocycles. The number of hydrogen-bond acceptors (Lipinski definition) is 3. The van der Waals surface area contributed by atoms with E-state index in [1.54, 1.807) is 18.3 Å². The van der Waals surface area contributed by atoms with Gasteiger partial charge in [0.05, 0.1) is 0 Å². The van der Waals surface area contributed by atoms with Crippen LogP contribution < -0.4 is 4.74 Å². The molecule has 130 valence electrons. The number of fused-ring (bicyclic) bond motifs is 1. The third kappa shape index (κ3) is 3.11. The topological polar surface area (TPSA) is 42.4 Å². The molecule has 1 amide bonds. The third-order valence-electron chi connectivity index (χ3n) is 5.37. The Kier molecular flexibility index (Phi) is 4.15. The van der Waals surface area contributed by atoms with Crippen molar-refractivity contribution in [1.82, 2.24) is 9.88 Å². The Labute approximate surface area is 146 Å². The SMILES string of the molecule is Cc1cccnc1C(=O)N1C[C@@H]2CC[C@H](Oc3cccc(F)c3)[C@@H]2C1. The lowest BCUT2D eigenvalue weighted by Crippen LogP contribution is -2.33. The van der Waals surface area contributed by atoms with Crippen LogP contribution in [0.1, 0.15) is 28.9 Å². The first kappa shape index (κ1) is 16.1. The van der Waals surface area contributed by atoms with E-state index >= 15 is 0 Å². The second kappa shape index (κ2) is 6.47. The quantitative estimate of drug-likeness (QED) is 0.859. The van der Waals surface area contributed by atoms with Crippen molar-refractivity contribution in [2.45, 2.75) is 25.9 Å². The lowest BCUT2D eigenvalue weighted by molar-refractivity contribution is 0.0756. The van der Waals surface area contributed by atoms with Crippen LogP contribution in [0.15, 0.2) is 42.6 Å². The van der Waals surface area contributed by atoms with Gasteiger partial charge in [0.2, 0.25) is 0 Å². The van der Waals surface area contributed by atoms with Crippen LogP contribution >= 0.6 is 0 Å². The summed E-state index contributed by atoms with van der Waals surface area (Å²) in [4.78, 5) is 18.9. The van der Waals surface area contributed by atoms with E-state index in [1.165, 1.54) is 12.1 Å². The van der Waals surface area contributed by atoms with Gasteiger partial charge < -0.3 is 9.64 Å². The molecule has 1 saturated heterocycles. The fraction of sp³-hybridized carbons (Fsp3) is 0.400. The molecule has 4 nitrogen and oxygen atoms in total. The first-order valence-corrected chi connectivity index (χ1v) is 8.75. The van der Waals surface area contributed by atoms with E-state index in [9.17, 15) is 9.18 Å². The maximum atomic E-state index is 13.4. The van der Waals surface area contributed by atoms with Gasteiger partial charge in [0, 0.05) is 31.3 Å². The van der Waals surface area contributed by atoms with Gasteiger partial charge in [-0.25, -0.2) is 4.39 Å². The lowest BCUT2D eigenvalue weighted by Gasteiger charge is -2.22. The number of benzene rings is 1. The Morgan fingerprint density at radius 3 is 2.92 bits per heavy atom. The molecule has 0 spiro atoms. The number of likely N-dealkylation sites (tertiary alicyclic amines) is 1. The van der Waals surface area contributed by atoms with Gasteiger partial charge in [0.1, 0.15) is 23.4 Å². The molecule has 4 rings (SSSR count). The highest BCUT2D eigenvalue weighted by atomic mass is 19.1. The summed E-state index contributed by atoms with van der Waals surface area (Å²) >= 11 is 0. The van der Waals surface area contributed by atoms with Gasteiger partial charge in [0.25, 0.3) is 5.91 Å². The molecule has 1 aromatic carbocycles. The van der Waals surface area contributed by atoms with E-state index in [0.717, 1.165) is 24.9 Å². The molecule has 0 bridgehead atoms. The van der Waals surface area contributed by atoms with Crippen LogP contribution in [0.3, 0.4) is 0 Å². The number of amides is 1. The van der Waals surface area contributed by atoms with Crippen LogP contribution in [0.5, 0.6) is 5.75 Å². The first-order valence-electron chi connectivity index (χ1n) is 8.75. The summed E-state index contributed by atoms with van der Waals surface area (Å²) in [6, 6.07) is 10.0. The summed E-state index contributed by atoms with van der Waals surface area (Å²) < 4.78 is 19.4. The molecule has 2 aliphatic rings. The minimum absolute atomic E-state index is 0.00277. The summed E-state index contributed by atoms with van der Waals surface area (Å²) in [7, 11) is 0. The molecule has 0 radical (unpaired) electrons. The van der Waals surface area contributed by atoms with Gasteiger partial charge in [-0.3, -0.25) is 9.78 Å². The summed E-state index contributed by atoms with van der Waals surface area (Å²) in [6.07, 6.45) is 3.69. The largest absolute Gasteiger partial charge is 0.490 e. The highest BCUT2D eigenvalue weighted by Gasteiger charge is 2.45. The van der Waals surface area contributed by atoms with Gasteiger partial charge in [0.15, 0.2) is 0 Å². The number of pyridine rings is 1. The number of nitrogens with zero attached hydrogens (tertiary/aromatic N) is 2. The molecule has 1 saturated carbocycles. The van der Waals surface area contributed by atoms with Crippen molar-refractivity contribution in [3.8, 4) is 5.75 Å². The highest BCUT2D eigenvalue weighted by molar-refractivity contribution is 5.93. The van der Waals surface area contributed by atoms with Crippen LogP contribution in [-0.4, -0.2) is 35.0 Å². The summed E-state index contributed by atoms with van der Waals surface area (Å²) in [5.41, 5.74) is 1.43. The molecular formula is C20H21FN2O2. The van der Waals surface area contributed by atoms with Crippen molar-refractivity contribution in [3.63, 3.8) is 0 Å². The number of halogens is 1. The molecule has 3 atom stereocenters. The number of carbonyl (C=O) groups is 1. The van der Waals surface area contributed by atoms with E-state index in [1.807, 2.05) is 24.0 Å². The molecule has 2 fully saturated rings. The van der Waals surface area contributed by atoms with Crippen molar-refractivity contribution < 1.29 is 13.9 Å². The molecule has 5 heteroatoms. The Bertz CT molecular complexity index is 795. The normalized spacial score (nSPS) is 25.0. The maximum Gasteiger partial charge on any atom is 0.272 e. The second-order valence-electron chi connectivity index (χ2n) is 6.99. The minimum atomic E-state index is -0.291. The molecule has 0 unspecified atom stereocenters. The van der Waals surface area contributed by atoms with Crippen LogP contribution in [0.25, 0.3) is 0 Å². The number of ether oxygens (including phenoxy) is 1. The average molecular weight is 340 g/mol. The molecule has 1 aromatic heterocycles. The fourth-order valence-electron chi connectivity index (χ4n) is 4.10. The summed E-state index contributed by atoms with van der Waals surface area (Å²) in [5, 5.41) is 0. The highest BCUT2D eigenvalue weighted by Crippen LogP contribution is 2.40. The van der Waals surface area contributed by atoms with Crippen molar-refractivity contribution in [3.05, 3.63) is 59.7 Å². The molecule has 2 aromatic rings. The van der Waals surface area contributed by atoms with E-state index in [-0.39, 0.29) is 17.8 Å². The van der Waals surface area contributed by atoms with E-state index in [0.29, 0.717) is 29.8 Å². The van der Waals surface area contributed by atoms with Gasteiger partial charge >= 0.3 is 0 Å². The predicted octanol–water partition coefficient (Wildman–Crippen LogP) is 3.46. The Morgan fingerprint density at radius 2 is 2.12 bits per heavy atom. The zero-order valence-electron chi connectivity index (χ0n) is 14.2. The second-order valence-corrected chi connectivity index (χ2v) is 6.99. The van der Waals surface area contributed by atoms with E-state index in [2.05, 4.69) is 4.98 Å². The van der Waals surface area contributed by atoms with Crippen LogP contribution in [-0.2, 0) is 0 Å². The Morgan fingerprint density at radius 1 is 1.24 bits per heavy atom. The standard InChI is InChI=1S/C20H21FN2O2/c1-13-4-3-9-22-19(13)20(24)23-11-14-7-8-18(17(14)12-23)25-16-6-2-5-15(21)10-16/h2-6,9-10,14,17-18H,7-8,11-12H2,1H3/t14-,17+,18-/m0/s1. The van der Waals surface area contributed by atoms with Gasteiger partial charge in [-0.05, 0) is 49.4 Å². The van der Waals surface area contributed by atoms with E-state index in [4.69, 9.17) is 4.74 Å². The molecular weight excluding hydrogens is 319 g/mol. The predicted molar refractivity (Wildman–Crippen MR) is 91.9 cm³/mol. The number of rotatable bonds is 3. The summed E-state index contributed by atoms with van der Waals surface area (Å²) in [6.45, 7) is 3.34. The molecule has 1 aliphatic carbocycles. The third-order valence-corrected chi connectivity index (χ3v) is 5.37. The fourth-order valence-corrected chi connectivity index (χ4v) is 4.10. The van der Waals surface area contributed by atoms with Crippen molar-refractivity contribution in [2.24, 2.45) is 11.8 Å². The van der Waals surface area contributed by atoms with Crippen molar-refractivity contribution in [2.75, 3.05) is 13.1 Å². The van der Waals surface area contributed by atoms with Gasteiger partial charge in [-0.15, -0.1) is 0 Å². The first-order chi connectivity index (χ1) is 12.1. The average Bonchev–Trinajstić information content (AvgIpc) is 3.17. The Hall–Kier alpha value is -2.43. The monoisotopic (exact) mass is 340 g/mol. The maximum absolute atomic E-state index is 13.4. The lowest BCUT2D eigenvalue weighted by atomic mass is 9.99. The van der Waals surface area contributed by atoms with Crippen LogP contribution in [0.2, 0.25) is 0 Å². The number of hydrogen-bond donors (Lipinski definition) is 0. The zero-order valence-corrected chi connectivity index (χ0v) is 14.2. The molecule has 1 aliphatic heterocycles. The minimum Gasteiger partial charge on any atom is -0.490 e. The van der Waals surface area contributed by atoms with Gasteiger partial charge in [-0.1, -0.05) is 12.1 Å². The molecule has 25 heavy (non-hydrogen) atoms. The van der Waals surface area contributed by atoms with E-state index < -0.39 is 0 Å². The number of aromatic nitrogens is 1. The van der Waals surface area contributed by atoms with Crippen LogP contribution in [0.4, 0.5) is 4.39 Å². The van der Waals surface area contributed by atoms with Crippen molar-refractivity contribution >= 4 is 5.91 Å². The molecule has 0 N–H and O–H groups in total. The van der Waals surface area contributed by atoms with Gasteiger partial charge in [-0.2, -0.15) is 0 Å². The zero-order chi connectivity index (χ0) is 17.4. The van der Waals surface area contributed by atoms with Crippen LogP contribution in [0, 0.1) is 24.6 Å². The number of carbonyl (C=O) groups excluding carboxylic acids is 1. The number of aryl methyl sites for hydroxylation is 1. The summed E-state index contributed by atoms with van der Waals surface area (Å²) in [5.74, 6) is 1.02. The Balaban J connectivity index is 1.46. The van der Waals surface area contributed by atoms with Crippen molar-refractivity contribution in [1.29, 1.82) is 0 Å².